The number of primary amides is 1. The maximum absolute atomic E-state index is 13.5. The number of carbonyl (C=O) groups excluding carboxylic acids is 3. The number of nitrogens with one attached hydrogen (secondary N) is 1. The molecule has 8 nitrogen and oxygen atoms in total. The number of rotatable bonds is 6. The van der Waals surface area contributed by atoms with Crippen LogP contribution < -0.4 is 11.1 Å². The van der Waals surface area contributed by atoms with Crippen LogP contribution in [0.2, 0.25) is 0 Å². The third kappa shape index (κ3) is 5.40. The van der Waals surface area contributed by atoms with Crippen LogP contribution in [-0.4, -0.2) is 51.5 Å². The first-order chi connectivity index (χ1) is 17.0. The number of nitrogens with two attached hydrogens (primary N) is 1. The van der Waals surface area contributed by atoms with E-state index < -0.39 is 17.4 Å². The lowest BCUT2D eigenvalue weighted by Gasteiger charge is -2.37. The van der Waals surface area contributed by atoms with Crippen molar-refractivity contribution in [3.05, 3.63) is 65.6 Å². The smallest absolute Gasteiger partial charge is 0.273 e. The van der Waals surface area contributed by atoms with Crippen molar-refractivity contribution in [2.75, 3.05) is 13.1 Å². The zero-order valence-electron chi connectivity index (χ0n) is 20.8. The normalized spacial score (nSPS) is 15.6. The van der Waals surface area contributed by atoms with E-state index in [9.17, 15) is 18.8 Å². The van der Waals surface area contributed by atoms with Gasteiger partial charge in [-0.3, -0.25) is 19.1 Å². The van der Waals surface area contributed by atoms with Crippen LogP contribution in [0.4, 0.5) is 4.39 Å². The molecule has 190 valence electrons. The standard InChI is InChI=1S/C27H32FN5O3/c1-27(2,3)23(26(36)32-14-12-18(13-15-32)24(29)34)30-25(35)22-20-6-4-5-7-21(20)33(31-22)16-17-8-10-19(28)11-9-17/h4-11,18,23H,12-16H2,1-3H3,(H2,29,34)(H,30,35). The number of hydrogen-bond acceptors (Lipinski definition) is 4. The summed E-state index contributed by atoms with van der Waals surface area (Å²) in [6.07, 6.45) is 1.04. The number of hydrogen-bond donors (Lipinski definition) is 2. The number of aromatic nitrogens is 2. The predicted octanol–water partition coefficient (Wildman–Crippen LogP) is 3.09. The number of nitrogens with zero attached hydrogens (tertiary/aromatic N) is 3. The Morgan fingerprint density at radius 1 is 1.08 bits per heavy atom. The van der Waals surface area contributed by atoms with Gasteiger partial charge in [-0.1, -0.05) is 51.1 Å². The molecule has 1 saturated heterocycles. The Labute approximate surface area is 209 Å². The molecule has 9 heteroatoms. The van der Waals surface area contributed by atoms with E-state index in [1.165, 1.54) is 12.1 Å². The third-order valence-electron chi connectivity index (χ3n) is 6.72. The number of para-hydroxylation sites is 1. The molecule has 1 atom stereocenters. The van der Waals surface area contributed by atoms with Crippen molar-refractivity contribution >= 4 is 28.6 Å². The highest BCUT2D eigenvalue weighted by Crippen LogP contribution is 2.26. The van der Waals surface area contributed by atoms with Gasteiger partial charge in [-0.05, 0) is 42.0 Å². The summed E-state index contributed by atoms with van der Waals surface area (Å²) in [6.45, 7) is 6.91. The van der Waals surface area contributed by atoms with Crippen molar-refractivity contribution in [2.45, 2.75) is 46.2 Å². The van der Waals surface area contributed by atoms with Crippen LogP contribution in [0.1, 0.15) is 49.7 Å². The van der Waals surface area contributed by atoms with E-state index >= 15 is 0 Å². The van der Waals surface area contributed by atoms with Crippen molar-refractivity contribution in [2.24, 2.45) is 17.1 Å². The van der Waals surface area contributed by atoms with Crippen molar-refractivity contribution in [3.63, 3.8) is 0 Å². The number of amides is 3. The SMILES string of the molecule is CC(C)(C)C(NC(=O)c1nn(Cc2ccc(F)cc2)c2ccccc12)C(=O)N1CCC(C(N)=O)CC1. The molecule has 0 bridgehead atoms. The van der Waals surface area contributed by atoms with Crippen molar-refractivity contribution < 1.29 is 18.8 Å². The van der Waals surface area contributed by atoms with Crippen LogP contribution in [-0.2, 0) is 16.1 Å². The fraction of sp³-hybridized carbons (Fsp3) is 0.407. The van der Waals surface area contributed by atoms with Gasteiger partial charge in [0.05, 0.1) is 12.1 Å². The topological polar surface area (TPSA) is 110 Å². The number of benzene rings is 2. The van der Waals surface area contributed by atoms with E-state index in [1.54, 1.807) is 21.7 Å². The quantitative estimate of drug-likeness (QED) is 0.550. The highest BCUT2D eigenvalue weighted by molar-refractivity contribution is 6.06. The van der Waals surface area contributed by atoms with Crippen LogP contribution in [0.3, 0.4) is 0 Å². The summed E-state index contributed by atoms with van der Waals surface area (Å²) in [4.78, 5) is 40.1. The Kier molecular flexibility index (Phi) is 7.10. The summed E-state index contributed by atoms with van der Waals surface area (Å²) in [5.74, 6) is -1.52. The molecule has 4 rings (SSSR count). The van der Waals surface area contributed by atoms with Crippen LogP contribution in [0.15, 0.2) is 48.5 Å². The largest absolute Gasteiger partial charge is 0.369 e. The summed E-state index contributed by atoms with van der Waals surface area (Å²) < 4.78 is 15.0. The molecule has 0 spiro atoms. The Morgan fingerprint density at radius 2 is 1.72 bits per heavy atom. The molecule has 3 amide bonds. The minimum atomic E-state index is -0.781. The highest BCUT2D eigenvalue weighted by Gasteiger charge is 2.38. The van der Waals surface area contributed by atoms with Crippen molar-refractivity contribution in [1.82, 2.24) is 20.0 Å². The lowest BCUT2D eigenvalue weighted by Crippen LogP contribution is -2.56. The molecule has 1 fully saturated rings. The van der Waals surface area contributed by atoms with Crippen LogP contribution in [0.5, 0.6) is 0 Å². The molecule has 0 aliphatic carbocycles. The summed E-state index contributed by atoms with van der Waals surface area (Å²) in [5, 5.41) is 8.18. The van der Waals surface area contributed by atoms with Crippen LogP contribution >= 0.6 is 0 Å². The molecular weight excluding hydrogens is 461 g/mol. The maximum atomic E-state index is 13.5. The first-order valence-corrected chi connectivity index (χ1v) is 12.1. The maximum Gasteiger partial charge on any atom is 0.273 e. The van der Waals surface area contributed by atoms with E-state index in [0.29, 0.717) is 37.9 Å². The number of piperidine rings is 1. The molecule has 1 aliphatic heterocycles. The zero-order valence-corrected chi connectivity index (χ0v) is 20.8. The summed E-state index contributed by atoms with van der Waals surface area (Å²) in [6, 6.07) is 12.8. The minimum absolute atomic E-state index is 0.186. The van der Waals surface area contributed by atoms with Gasteiger partial charge in [-0.2, -0.15) is 5.10 Å². The first-order valence-electron chi connectivity index (χ1n) is 12.1. The zero-order chi connectivity index (χ0) is 26.0. The molecule has 1 unspecified atom stereocenters. The number of carbonyl (C=O) groups is 3. The second-order valence-corrected chi connectivity index (χ2v) is 10.4. The summed E-state index contributed by atoms with van der Waals surface area (Å²) >= 11 is 0. The molecule has 1 aliphatic rings. The third-order valence-corrected chi connectivity index (χ3v) is 6.72. The van der Waals surface area contributed by atoms with Gasteiger partial charge in [0, 0.05) is 24.4 Å². The number of likely N-dealkylation sites (tertiary alicyclic amines) is 1. The second kappa shape index (κ2) is 10.1. The van der Waals surface area contributed by atoms with E-state index in [-0.39, 0.29) is 29.2 Å². The van der Waals surface area contributed by atoms with E-state index in [2.05, 4.69) is 10.4 Å². The van der Waals surface area contributed by atoms with Crippen molar-refractivity contribution in [3.8, 4) is 0 Å². The molecule has 2 heterocycles. The van der Waals surface area contributed by atoms with Gasteiger partial charge in [0.15, 0.2) is 5.69 Å². The van der Waals surface area contributed by atoms with E-state index in [1.807, 2.05) is 45.0 Å². The fourth-order valence-electron chi connectivity index (χ4n) is 4.59. The molecule has 0 radical (unpaired) electrons. The Hall–Kier alpha value is -3.75. The monoisotopic (exact) mass is 493 g/mol. The Balaban J connectivity index is 1.57. The van der Waals surface area contributed by atoms with Crippen LogP contribution in [0, 0.1) is 17.2 Å². The molecule has 36 heavy (non-hydrogen) atoms. The molecule has 3 N–H and O–H groups in total. The van der Waals surface area contributed by atoms with Crippen LogP contribution in [0.25, 0.3) is 10.9 Å². The number of halogens is 1. The van der Waals surface area contributed by atoms with Gasteiger partial charge in [0.25, 0.3) is 5.91 Å². The average molecular weight is 494 g/mol. The van der Waals surface area contributed by atoms with Gasteiger partial charge < -0.3 is 16.0 Å². The molecule has 0 saturated carbocycles. The van der Waals surface area contributed by atoms with Gasteiger partial charge >= 0.3 is 0 Å². The minimum Gasteiger partial charge on any atom is -0.369 e. The summed E-state index contributed by atoms with van der Waals surface area (Å²) in [5.41, 5.74) is 6.70. The molecule has 3 aromatic rings. The molecule has 2 aromatic carbocycles. The Morgan fingerprint density at radius 3 is 2.33 bits per heavy atom. The highest BCUT2D eigenvalue weighted by atomic mass is 19.1. The average Bonchev–Trinajstić information content (AvgIpc) is 3.21. The lowest BCUT2D eigenvalue weighted by molar-refractivity contribution is -0.138. The van der Waals surface area contributed by atoms with Crippen molar-refractivity contribution in [1.29, 1.82) is 0 Å². The number of fused-ring (bicyclic) bond motifs is 1. The fourth-order valence-corrected chi connectivity index (χ4v) is 4.59. The Bertz CT molecular complexity index is 1270. The van der Waals surface area contributed by atoms with E-state index in [0.717, 1.165) is 11.1 Å². The van der Waals surface area contributed by atoms with Gasteiger partial charge in [-0.15, -0.1) is 0 Å². The van der Waals surface area contributed by atoms with Gasteiger partial charge in [0.2, 0.25) is 11.8 Å². The van der Waals surface area contributed by atoms with Gasteiger partial charge in [0.1, 0.15) is 11.9 Å². The molecule has 1 aromatic heterocycles. The molecular formula is C27H32FN5O3. The predicted molar refractivity (Wildman–Crippen MR) is 134 cm³/mol. The second-order valence-electron chi connectivity index (χ2n) is 10.4. The summed E-state index contributed by atoms with van der Waals surface area (Å²) in [7, 11) is 0. The first kappa shape index (κ1) is 25.3. The van der Waals surface area contributed by atoms with E-state index in [4.69, 9.17) is 5.73 Å². The lowest BCUT2D eigenvalue weighted by atomic mass is 9.84. The van der Waals surface area contributed by atoms with Gasteiger partial charge in [-0.25, -0.2) is 4.39 Å².